The molecular formula is C12H19N5O6S. The van der Waals surface area contributed by atoms with Crippen LogP contribution < -0.4 is 10.7 Å². The summed E-state index contributed by atoms with van der Waals surface area (Å²) in [6.07, 6.45) is 4.36. The van der Waals surface area contributed by atoms with Gasteiger partial charge in [-0.15, -0.1) is 4.28 Å². The lowest BCUT2D eigenvalue weighted by molar-refractivity contribution is -0.126. The van der Waals surface area contributed by atoms with Crippen molar-refractivity contribution < 1.29 is 26.8 Å². The molecular weight excluding hydrogens is 342 g/mol. The molecule has 0 aromatic carbocycles. The van der Waals surface area contributed by atoms with Crippen molar-refractivity contribution in [3.05, 3.63) is 0 Å². The molecule has 0 aliphatic carbocycles. The maximum absolute atomic E-state index is 12.2. The molecule has 12 heteroatoms. The fraction of sp³-hybridized carbons (Fsp3) is 0.750. The number of fused-ring (bicyclic) bond motifs is 2. The Morgan fingerprint density at radius 1 is 1.42 bits per heavy atom. The first kappa shape index (κ1) is 17.1. The molecule has 0 spiro atoms. The van der Waals surface area contributed by atoms with Gasteiger partial charge >= 0.3 is 16.4 Å². The molecule has 3 amide bonds. The summed E-state index contributed by atoms with van der Waals surface area (Å²) in [5.74, 6) is -0.440. The number of urea groups is 1. The van der Waals surface area contributed by atoms with Crippen LogP contribution >= 0.6 is 0 Å². The average molecular weight is 361 g/mol. The third kappa shape index (κ3) is 3.66. The largest absolute Gasteiger partial charge is 0.418 e. The van der Waals surface area contributed by atoms with E-state index in [0.29, 0.717) is 17.9 Å². The van der Waals surface area contributed by atoms with Crippen molar-refractivity contribution in [3.8, 4) is 0 Å². The maximum Gasteiger partial charge on any atom is 0.418 e. The van der Waals surface area contributed by atoms with E-state index in [1.165, 1.54) is 4.90 Å². The van der Waals surface area contributed by atoms with Gasteiger partial charge in [-0.3, -0.25) is 9.35 Å². The van der Waals surface area contributed by atoms with E-state index in [0.717, 1.165) is 19.4 Å². The van der Waals surface area contributed by atoms with Crippen molar-refractivity contribution in [1.29, 1.82) is 0 Å². The summed E-state index contributed by atoms with van der Waals surface area (Å²) < 4.78 is 34.7. The molecule has 2 bridgehead atoms. The Morgan fingerprint density at radius 2 is 2.21 bits per heavy atom. The molecule has 0 aromatic rings. The number of hydrogen-bond acceptors (Lipinski definition) is 7. The number of nitrogens with zero attached hydrogens (tertiary/aromatic N) is 3. The molecule has 3 aliphatic rings. The second-order valence-electron chi connectivity index (χ2n) is 5.97. The van der Waals surface area contributed by atoms with E-state index in [1.54, 1.807) is 6.21 Å². The zero-order valence-electron chi connectivity index (χ0n) is 12.8. The van der Waals surface area contributed by atoms with E-state index < -0.39 is 34.4 Å². The highest BCUT2D eigenvalue weighted by Gasteiger charge is 2.49. The monoisotopic (exact) mass is 361 g/mol. The Kier molecular flexibility index (Phi) is 4.71. The first-order valence-electron chi connectivity index (χ1n) is 7.68. The predicted molar refractivity (Wildman–Crippen MR) is 81.0 cm³/mol. The number of rotatable bonds is 5. The van der Waals surface area contributed by atoms with Crippen LogP contribution in [0.5, 0.6) is 0 Å². The average Bonchev–Trinajstić information content (AvgIpc) is 3.10. The van der Waals surface area contributed by atoms with Crippen LogP contribution in [0, 0.1) is 0 Å². The van der Waals surface area contributed by atoms with Gasteiger partial charge in [0.1, 0.15) is 6.04 Å². The topological polar surface area (TPSA) is 141 Å². The van der Waals surface area contributed by atoms with Gasteiger partial charge in [-0.2, -0.15) is 18.6 Å². The second kappa shape index (κ2) is 6.63. The smallest absolute Gasteiger partial charge is 0.309 e. The highest BCUT2D eigenvalue weighted by molar-refractivity contribution is 7.80. The lowest BCUT2D eigenvalue weighted by Crippen LogP contribution is -2.48. The molecule has 0 saturated carbocycles. The number of hydrogen-bond donors (Lipinski definition) is 3. The van der Waals surface area contributed by atoms with E-state index in [2.05, 4.69) is 20.1 Å². The number of piperidine rings is 1. The normalized spacial score (nSPS) is 30.4. The molecule has 3 atom stereocenters. The maximum atomic E-state index is 12.2. The molecule has 3 aliphatic heterocycles. The standard InChI is InChI=1S/C12H19N5O6S/c18-11(15-14-6-8-2-1-5-13-8)10-4-3-9-7-16(10)12(19)17(9)23-24(20,21)22/h6,8-10,13H,1-5,7H2,(H,15,18)(H,20,21,22)/b14-6+/t8-,9-,10-/m0/s1. The van der Waals surface area contributed by atoms with E-state index in [9.17, 15) is 18.0 Å². The van der Waals surface area contributed by atoms with Gasteiger partial charge in [0.25, 0.3) is 5.91 Å². The van der Waals surface area contributed by atoms with Crippen LogP contribution in [0.2, 0.25) is 0 Å². The van der Waals surface area contributed by atoms with Crippen molar-refractivity contribution in [2.75, 3.05) is 13.1 Å². The summed E-state index contributed by atoms with van der Waals surface area (Å²) in [5, 5.41) is 7.72. The molecule has 3 saturated heterocycles. The van der Waals surface area contributed by atoms with Gasteiger partial charge < -0.3 is 10.2 Å². The fourth-order valence-electron chi connectivity index (χ4n) is 3.21. The summed E-state index contributed by atoms with van der Waals surface area (Å²) in [6.45, 7) is 1.07. The summed E-state index contributed by atoms with van der Waals surface area (Å²) >= 11 is 0. The predicted octanol–water partition coefficient (Wildman–Crippen LogP) is -1.16. The molecule has 11 nitrogen and oxygen atoms in total. The Hall–Kier alpha value is -1.76. The Labute approximate surface area is 138 Å². The van der Waals surface area contributed by atoms with Crippen LogP contribution in [0.25, 0.3) is 0 Å². The Bertz CT molecular complexity index is 646. The third-order valence-corrected chi connectivity index (χ3v) is 4.68. The first-order chi connectivity index (χ1) is 11.3. The molecule has 3 heterocycles. The van der Waals surface area contributed by atoms with Crippen LogP contribution in [0.1, 0.15) is 25.7 Å². The SMILES string of the molecule is O=C(N/N=C/[C@@H]1CCCN1)[C@@H]1CC[C@H]2CN1C(=O)N2OS(=O)(=O)O. The van der Waals surface area contributed by atoms with Crippen LogP contribution in [0.3, 0.4) is 0 Å². The van der Waals surface area contributed by atoms with E-state index in [4.69, 9.17) is 4.55 Å². The van der Waals surface area contributed by atoms with Gasteiger partial charge in [-0.25, -0.2) is 10.2 Å². The van der Waals surface area contributed by atoms with Crippen molar-refractivity contribution in [3.63, 3.8) is 0 Å². The van der Waals surface area contributed by atoms with Crippen molar-refractivity contribution in [2.45, 2.75) is 43.8 Å². The Balaban J connectivity index is 1.59. The number of hydroxylamine groups is 2. The van der Waals surface area contributed by atoms with Gasteiger partial charge in [0.15, 0.2) is 0 Å². The van der Waals surface area contributed by atoms with Crippen LogP contribution in [-0.4, -0.2) is 72.3 Å². The number of carbonyl (C=O) groups is 2. The quantitative estimate of drug-likeness (QED) is 0.319. The van der Waals surface area contributed by atoms with Crippen molar-refractivity contribution in [2.24, 2.45) is 5.10 Å². The minimum atomic E-state index is -4.79. The van der Waals surface area contributed by atoms with Crippen LogP contribution in [0.15, 0.2) is 5.10 Å². The second-order valence-corrected chi connectivity index (χ2v) is 6.97. The van der Waals surface area contributed by atoms with E-state index in [-0.39, 0.29) is 12.6 Å². The van der Waals surface area contributed by atoms with Crippen molar-refractivity contribution >= 4 is 28.6 Å². The number of amides is 3. The molecule has 3 fully saturated rings. The van der Waals surface area contributed by atoms with Gasteiger partial charge in [-0.1, -0.05) is 0 Å². The highest BCUT2D eigenvalue weighted by Crippen LogP contribution is 2.30. The summed E-state index contributed by atoms with van der Waals surface area (Å²) in [4.78, 5) is 25.6. The number of carbonyl (C=O) groups excluding carboxylic acids is 2. The van der Waals surface area contributed by atoms with E-state index in [1.807, 2.05) is 0 Å². The minimum Gasteiger partial charge on any atom is -0.309 e. The third-order valence-electron chi connectivity index (χ3n) is 4.33. The van der Waals surface area contributed by atoms with Gasteiger partial charge in [0.2, 0.25) is 0 Å². The molecule has 0 unspecified atom stereocenters. The van der Waals surface area contributed by atoms with Gasteiger partial charge in [-0.05, 0) is 32.2 Å². The van der Waals surface area contributed by atoms with E-state index >= 15 is 0 Å². The molecule has 3 rings (SSSR count). The van der Waals surface area contributed by atoms with Gasteiger partial charge in [0.05, 0.1) is 6.04 Å². The molecule has 0 radical (unpaired) electrons. The first-order valence-corrected chi connectivity index (χ1v) is 9.05. The summed E-state index contributed by atoms with van der Waals surface area (Å²) in [7, 11) is -4.79. The number of nitrogens with one attached hydrogen (secondary N) is 2. The lowest BCUT2D eigenvalue weighted by atomic mass is 10.0. The van der Waals surface area contributed by atoms with Gasteiger partial charge in [0, 0.05) is 18.8 Å². The van der Waals surface area contributed by atoms with Crippen LogP contribution in [-0.2, 0) is 19.5 Å². The highest BCUT2D eigenvalue weighted by atomic mass is 32.3. The lowest BCUT2D eigenvalue weighted by Gasteiger charge is -2.28. The fourth-order valence-corrected chi connectivity index (χ4v) is 3.60. The molecule has 3 N–H and O–H groups in total. The molecule has 24 heavy (non-hydrogen) atoms. The minimum absolute atomic E-state index is 0.133. The zero-order valence-corrected chi connectivity index (χ0v) is 13.6. The van der Waals surface area contributed by atoms with Crippen molar-refractivity contribution in [1.82, 2.24) is 20.7 Å². The Morgan fingerprint density at radius 3 is 2.88 bits per heavy atom. The molecule has 0 aromatic heterocycles. The van der Waals surface area contributed by atoms with Crippen LogP contribution in [0.4, 0.5) is 4.79 Å². The summed E-state index contributed by atoms with van der Waals surface area (Å²) in [5.41, 5.74) is 2.42. The zero-order chi connectivity index (χ0) is 17.3. The summed E-state index contributed by atoms with van der Waals surface area (Å²) in [6, 6.07) is -1.91. The number of hydrazone groups is 1. The molecule has 134 valence electrons.